The molecule has 3 aromatic rings. The summed E-state index contributed by atoms with van der Waals surface area (Å²) in [6.45, 7) is 0.176. The maximum absolute atomic E-state index is 12.4. The molecule has 0 bridgehead atoms. The summed E-state index contributed by atoms with van der Waals surface area (Å²) in [5, 5.41) is 14.4. The lowest BCUT2D eigenvalue weighted by Gasteiger charge is -2.13. The number of nitrogens with one attached hydrogen (secondary N) is 1. The monoisotopic (exact) mass is 340 g/mol. The first kappa shape index (κ1) is 16.6. The van der Waals surface area contributed by atoms with Crippen molar-refractivity contribution in [2.45, 2.75) is 11.0 Å². The Hall–Kier alpha value is -2.24. The van der Waals surface area contributed by atoms with Crippen molar-refractivity contribution in [1.29, 1.82) is 0 Å². The minimum absolute atomic E-state index is 0.167. The Bertz CT molecular complexity index is 873. The summed E-state index contributed by atoms with van der Waals surface area (Å²) in [4.78, 5) is 13.3. The third-order valence-electron chi connectivity index (χ3n) is 4.09. The first-order chi connectivity index (χ1) is 11.6. The summed E-state index contributed by atoms with van der Waals surface area (Å²) in [6.07, 6.45) is 3.11. The fourth-order valence-corrected chi connectivity index (χ4v) is 3.46. The molecule has 1 amide bonds. The maximum atomic E-state index is 12.4. The SMILES string of the molecule is CSc1ccccc1C(=O)NC[C@H](O)c1cn(C)c2ccccc12. The lowest BCUT2D eigenvalue weighted by Crippen LogP contribution is -2.28. The first-order valence-electron chi connectivity index (χ1n) is 7.75. The standard InChI is InChI=1S/C19H20N2O2S/c1-21-12-15(13-7-3-5-9-16(13)21)17(22)11-20-19(23)14-8-4-6-10-18(14)24-2/h3-10,12,17,22H,11H2,1-2H3,(H,20,23)/t17-/m0/s1. The normalized spacial score (nSPS) is 12.3. The second-order valence-corrected chi connectivity index (χ2v) is 6.49. The molecule has 4 nitrogen and oxygen atoms in total. The van der Waals surface area contributed by atoms with Crippen LogP contribution in [0.4, 0.5) is 0 Å². The van der Waals surface area contributed by atoms with Crippen molar-refractivity contribution in [2.24, 2.45) is 7.05 Å². The van der Waals surface area contributed by atoms with Crippen LogP contribution in [0, 0.1) is 0 Å². The number of fused-ring (bicyclic) bond motifs is 1. The lowest BCUT2D eigenvalue weighted by atomic mass is 10.1. The quantitative estimate of drug-likeness (QED) is 0.700. The summed E-state index contributed by atoms with van der Waals surface area (Å²) in [6, 6.07) is 15.4. The van der Waals surface area contributed by atoms with Crippen LogP contribution in [0.3, 0.4) is 0 Å². The van der Waals surface area contributed by atoms with Gasteiger partial charge in [-0.25, -0.2) is 0 Å². The van der Waals surface area contributed by atoms with E-state index in [2.05, 4.69) is 5.32 Å². The van der Waals surface area contributed by atoms with Gasteiger partial charge in [-0.15, -0.1) is 11.8 Å². The topological polar surface area (TPSA) is 54.3 Å². The second-order valence-electron chi connectivity index (χ2n) is 5.64. The minimum atomic E-state index is -0.749. The zero-order valence-electron chi connectivity index (χ0n) is 13.7. The van der Waals surface area contributed by atoms with Gasteiger partial charge in [0.2, 0.25) is 0 Å². The summed E-state index contributed by atoms with van der Waals surface area (Å²) in [5.41, 5.74) is 2.52. The summed E-state index contributed by atoms with van der Waals surface area (Å²) in [7, 11) is 1.95. The van der Waals surface area contributed by atoms with Gasteiger partial charge in [-0.05, 0) is 24.5 Å². The molecule has 0 unspecified atom stereocenters. The van der Waals surface area contributed by atoms with Crippen molar-refractivity contribution in [3.8, 4) is 0 Å². The van der Waals surface area contributed by atoms with Crippen LogP contribution in [0.2, 0.25) is 0 Å². The first-order valence-corrected chi connectivity index (χ1v) is 8.97. The number of aromatic nitrogens is 1. The van der Waals surface area contributed by atoms with Crippen molar-refractivity contribution in [3.63, 3.8) is 0 Å². The van der Waals surface area contributed by atoms with Gasteiger partial charge in [0.05, 0.1) is 11.7 Å². The number of rotatable bonds is 5. The Labute approximate surface area is 145 Å². The van der Waals surface area contributed by atoms with Crippen LogP contribution in [0.25, 0.3) is 10.9 Å². The molecule has 0 fully saturated rings. The molecular formula is C19H20N2O2S. The fraction of sp³-hybridized carbons (Fsp3) is 0.211. The van der Waals surface area contributed by atoms with E-state index < -0.39 is 6.10 Å². The third kappa shape index (κ3) is 3.18. The second kappa shape index (κ2) is 7.11. The average Bonchev–Trinajstić information content (AvgIpc) is 2.96. The van der Waals surface area contributed by atoms with Gasteiger partial charge >= 0.3 is 0 Å². The zero-order chi connectivity index (χ0) is 17.1. The third-order valence-corrected chi connectivity index (χ3v) is 4.89. The van der Waals surface area contributed by atoms with Gasteiger partial charge in [0.25, 0.3) is 5.91 Å². The predicted molar refractivity (Wildman–Crippen MR) is 98.4 cm³/mol. The smallest absolute Gasteiger partial charge is 0.252 e. The Balaban J connectivity index is 1.75. The number of hydrogen-bond donors (Lipinski definition) is 2. The van der Waals surface area contributed by atoms with Gasteiger partial charge in [-0.2, -0.15) is 0 Å². The van der Waals surface area contributed by atoms with Gasteiger partial charge in [0, 0.05) is 41.2 Å². The highest BCUT2D eigenvalue weighted by molar-refractivity contribution is 7.98. The number of carbonyl (C=O) groups excluding carboxylic acids is 1. The Morgan fingerprint density at radius 2 is 1.92 bits per heavy atom. The number of aliphatic hydroxyl groups excluding tert-OH is 1. The number of aliphatic hydroxyl groups is 1. The van der Waals surface area contributed by atoms with E-state index >= 15 is 0 Å². The van der Waals surface area contributed by atoms with Gasteiger partial charge in [-0.3, -0.25) is 4.79 Å². The molecule has 124 valence electrons. The largest absolute Gasteiger partial charge is 0.386 e. The number of benzene rings is 2. The van der Waals surface area contributed by atoms with E-state index in [-0.39, 0.29) is 12.5 Å². The number of aryl methyl sites for hydroxylation is 1. The molecule has 24 heavy (non-hydrogen) atoms. The lowest BCUT2D eigenvalue weighted by molar-refractivity contribution is 0.0914. The average molecular weight is 340 g/mol. The van der Waals surface area contributed by atoms with E-state index in [1.54, 1.807) is 6.07 Å². The fourth-order valence-electron chi connectivity index (χ4n) is 2.87. The van der Waals surface area contributed by atoms with Gasteiger partial charge in [0.1, 0.15) is 0 Å². The number of nitrogens with zero attached hydrogens (tertiary/aromatic N) is 1. The van der Waals surface area contributed by atoms with Crippen LogP contribution < -0.4 is 5.32 Å². The van der Waals surface area contributed by atoms with Crippen molar-refractivity contribution in [2.75, 3.05) is 12.8 Å². The van der Waals surface area contributed by atoms with Crippen LogP contribution >= 0.6 is 11.8 Å². The van der Waals surface area contributed by atoms with E-state index in [9.17, 15) is 9.90 Å². The van der Waals surface area contributed by atoms with Gasteiger partial charge in [-0.1, -0.05) is 30.3 Å². The highest BCUT2D eigenvalue weighted by Gasteiger charge is 2.17. The molecule has 1 atom stereocenters. The van der Waals surface area contributed by atoms with Crippen molar-refractivity contribution in [1.82, 2.24) is 9.88 Å². The molecule has 5 heteroatoms. The Morgan fingerprint density at radius 3 is 2.71 bits per heavy atom. The van der Waals surface area contributed by atoms with E-state index in [1.165, 1.54) is 11.8 Å². The van der Waals surface area contributed by atoms with E-state index in [0.29, 0.717) is 5.56 Å². The molecule has 0 saturated heterocycles. The molecule has 0 spiro atoms. The van der Waals surface area contributed by atoms with E-state index in [0.717, 1.165) is 21.4 Å². The van der Waals surface area contributed by atoms with Crippen LogP contribution in [-0.4, -0.2) is 28.4 Å². The molecule has 1 heterocycles. The van der Waals surface area contributed by atoms with Crippen molar-refractivity contribution < 1.29 is 9.90 Å². The summed E-state index contributed by atoms with van der Waals surface area (Å²) >= 11 is 1.53. The number of hydrogen-bond acceptors (Lipinski definition) is 3. The Kier molecular flexibility index (Phi) is 4.92. The molecule has 0 saturated carbocycles. The van der Waals surface area contributed by atoms with E-state index in [1.807, 2.05) is 66.5 Å². The Morgan fingerprint density at radius 1 is 1.21 bits per heavy atom. The van der Waals surface area contributed by atoms with Crippen molar-refractivity contribution >= 4 is 28.6 Å². The number of carbonyl (C=O) groups is 1. The molecule has 0 radical (unpaired) electrons. The van der Waals surface area contributed by atoms with E-state index in [4.69, 9.17) is 0 Å². The number of amides is 1. The maximum Gasteiger partial charge on any atom is 0.252 e. The number of para-hydroxylation sites is 1. The highest BCUT2D eigenvalue weighted by Crippen LogP contribution is 2.26. The van der Waals surface area contributed by atoms with Crippen LogP contribution in [0.15, 0.2) is 59.6 Å². The molecule has 0 aliphatic rings. The number of thioether (sulfide) groups is 1. The van der Waals surface area contributed by atoms with Gasteiger partial charge in [0.15, 0.2) is 0 Å². The predicted octanol–water partition coefficient (Wildman–Crippen LogP) is 3.36. The molecule has 0 aliphatic carbocycles. The summed E-state index contributed by atoms with van der Waals surface area (Å²) < 4.78 is 1.98. The minimum Gasteiger partial charge on any atom is -0.386 e. The molecule has 3 rings (SSSR count). The molecular weight excluding hydrogens is 320 g/mol. The highest BCUT2D eigenvalue weighted by atomic mass is 32.2. The van der Waals surface area contributed by atoms with Crippen molar-refractivity contribution in [3.05, 3.63) is 65.9 Å². The van der Waals surface area contributed by atoms with Crippen LogP contribution in [0.1, 0.15) is 22.0 Å². The van der Waals surface area contributed by atoms with Gasteiger partial charge < -0.3 is 15.0 Å². The molecule has 1 aromatic heterocycles. The zero-order valence-corrected chi connectivity index (χ0v) is 14.5. The molecule has 0 aliphatic heterocycles. The van der Waals surface area contributed by atoms with Crippen LogP contribution in [0.5, 0.6) is 0 Å². The molecule has 2 aromatic carbocycles. The van der Waals surface area contributed by atoms with Crippen LogP contribution in [-0.2, 0) is 7.05 Å². The summed E-state index contributed by atoms with van der Waals surface area (Å²) in [5.74, 6) is -0.167. The molecule has 2 N–H and O–H groups in total.